The smallest absolute Gasteiger partial charge is 0.238 e. The van der Waals surface area contributed by atoms with Crippen LogP contribution in [0.4, 0.5) is 5.69 Å². The van der Waals surface area contributed by atoms with Crippen LogP contribution in [0.15, 0.2) is 125 Å². The van der Waals surface area contributed by atoms with Gasteiger partial charge < -0.3 is 5.11 Å². The van der Waals surface area contributed by atoms with Crippen LogP contribution in [0.5, 0.6) is 5.75 Å². The lowest BCUT2D eigenvalue weighted by atomic mass is 9.44. The molecule has 1 saturated heterocycles. The summed E-state index contributed by atoms with van der Waals surface area (Å²) < 4.78 is 0.684. The van der Waals surface area contributed by atoms with E-state index in [1.165, 1.54) is 17.9 Å². The maximum absolute atomic E-state index is 15.1. The summed E-state index contributed by atoms with van der Waals surface area (Å²) in [6.07, 6.45) is 3.86. The average Bonchev–Trinajstić information content (AvgIpc) is 3.39. The number of phenols is 1. The number of halogens is 1. The van der Waals surface area contributed by atoms with Gasteiger partial charge in [0.1, 0.15) is 5.75 Å². The van der Waals surface area contributed by atoms with E-state index >= 15 is 4.79 Å². The van der Waals surface area contributed by atoms with Crippen LogP contribution in [-0.4, -0.2) is 34.3 Å². The molecule has 1 heterocycles. The molecule has 1 saturated carbocycles. The minimum absolute atomic E-state index is 0.0324. The Morgan fingerprint density at radius 3 is 2.20 bits per heavy atom. The van der Waals surface area contributed by atoms with Crippen molar-refractivity contribution in [3.05, 3.63) is 148 Å². The van der Waals surface area contributed by atoms with Crippen molar-refractivity contribution in [3.63, 3.8) is 0 Å². The van der Waals surface area contributed by atoms with Gasteiger partial charge in [-0.05, 0) is 85.4 Å². The molecule has 0 unspecified atom stereocenters. The van der Waals surface area contributed by atoms with E-state index in [4.69, 9.17) is 0 Å². The Hall–Kier alpha value is -5.21. The van der Waals surface area contributed by atoms with E-state index in [2.05, 4.69) is 15.9 Å². The first-order valence-electron chi connectivity index (χ1n) is 16.7. The number of nitrogens with zero attached hydrogens (tertiary/aromatic N) is 1. The van der Waals surface area contributed by atoms with Gasteiger partial charge in [-0.25, -0.2) is 0 Å². The first-order chi connectivity index (χ1) is 24.1. The Morgan fingerprint density at radius 2 is 1.52 bits per heavy atom. The number of hydrogen-bond acceptors (Lipinski definition) is 6. The summed E-state index contributed by atoms with van der Waals surface area (Å²) in [6.45, 7) is 1.46. The minimum Gasteiger partial charge on any atom is -0.508 e. The molecule has 4 aliphatic rings. The van der Waals surface area contributed by atoms with Gasteiger partial charge in [0.15, 0.2) is 17.3 Å². The topological polar surface area (TPSA) is 109 Å². The number of amides is 2. The zero-order chi connectivity index (χ0) is 34.9. The van der Waals surface area contributed by atoms with Crippen LogP contribution in [0.1, 0.15) is 52.7 Å². The molecule has 3 aliphatic carbocycles. The van der Waals surface area contributed by atoms with Gasteiger partial charge >= 0.3 is 0 Å². The second-order valence-corrected chi connectivity index (χ2v) is 14.5. The number of allylic oxidation sites excluding steroid dienone is 4. The number of anilines is 1. The zero-order valence-corrected chi connectivity index (χ0v) is 28.7. The normalized spacial score (nSPS) is 27.2. The van der Waals surface area contributed by atoms with Gasteiger partial charge in [0, 0.05) is 33.0 Å². The molecule has 4 aromatic carbocycles. The van der Waals surface area contributed by atoms with Crippen molar-refractivity contribution in [1.82, 2.24) is 0 Å². The minimum atomic E-state index is -1.43. The Kier molecular flexibility index (Phi) is 7.68. The monoisotopic (exact) mass is 725 g/mol. The highest BCUT2D eigenvalue weighted by atomic mass is 79.9. The number of hydrogen-bond donors (Lipinski definition) is 1. The third kappa shape index (κ3) is 4.65. The molecule has 7 nitrogen and oxygen atoms in total. The van der Waals surface area contributed by atoms with Gasteiger partial charge in [-0.3, -0.25) is 28.9 Å². The molecule has 0 aromatic heterocycles. The van der Waals surface area contributed by atoms with Crippen LogP contribution >= 0.6 is 15.9 Å². The van der Waals surface area contributed by atoms with Crippen molar-refractivity contribution in [2.24, 2.45) is 23.7 Å². The molecule has 1 N–H and O–H groups in total. The lowest BCUT2D eigenvalue weighted by Crippen LogP contribution is -2.58. The molecule has 4 aromatic rings. The van der Waals surface area contributed by atoms with Crippen molar-refractivity contribution in [2.75, 3.05) is 4.90 Å². The molecule has 0 spiro atoms. The molecule has 8 rings (SSSR count). The molecule has 8 heteroatoms. The van der Waals surface area contributed by atoms with E-state index in [1.807, 2.05) is 66.7 Å². The number of ketones is 3. The van der Waals surface area contributed by atoms with Crippen LogP contribution in [0.25, 0.3) is 5.57 Å². The molecule has 1 aliphatic heterocycles. The maximum atomic E-state index is 15.1. The summed E-state index contributed by atoms with van der Waals surface area (Å²) in [5.41, 5.74) is 2.25. The van der Waals surface area contributed by atoms with Crippen LogP contribution in [0.3, 0.4) is 0 Å². The summed E-state index contributed by atoms with van der Waals surface area (Å²) in [4.78, 5) is 71.8. The van der Waals surface area contributed by atoms with Crippen LogP contribution in [0, 0.1) is 23.7 Å². The number of carbonyl (C=O) groups is 5. The molecule has 0 bridgehead atoms. The number of Topliss-reactive ketones (excluding diaryl/α,β-unsaturated/α-hetero) is 2. The van der Waals surface area contributed by atoms with Crippen LogP contribution in [0.2, 0.25) is 0 Å². The average molecular weight is 727 g/mol. The van der Waals surface area contributed by atoms with Gasteiger partial charge in [-0.1, -0.05) is 88.2 Å². The largest absolute Gasteiger partial charge is 0.508 e. The quantitative estimate of drug-likeness (QED) is 0.131. The molecular formula is C42H32BrNO6. The van der Waals surface area contributed by atoms with Crippen molar-refractivity contribution in [1.29, 1.82) is 0 Å². The fourth-order valence-corrected chi connectivity index (χ4v) is 9.45. The Balaban J connectivity index is 1.34. The third-order valence-corrected chi connectivity index (χ3v) is 11.7. The van der Waals surface area contributed by atoms with Crippen molar-refractivity contribution in [2.45, 2.75) is 31.1 Å². The number of benzene rings is 4. The summed E-state index contributed by atoms with van der Waals surface area (Å²) in [5, 5.41) is 11.5. The number of aromatic hydroxyl groups is 1. The van der Waals surface area contributed by atoms with E-state index in [-0.39, 0.29) is 47.8 Å². The van der Waals surface area contributed by atoms with Crippen molar-refractivity contribution in [3.8, 4) is 5.75 Å². The first-order valence-corrected chi connectivity index (χ1v) is 17.5. The van der Waals surface area contributed by atoms with Gasteiger partial charge in [-0.2, -0.15) is 0 Å². The first kappa shape index (κ1) is 32.0. The predicted octanol–water partition coefficient (Wildman–Crippen LogP) is 7.39. The van der Waals surface area contributed by atoms with E-state index in [1.54, 1.807) is 42.5 Å². The molecule has 2 amide bonds. The number of rotatable bonds is 5. The highest BCUT2D eigenvalue weighted by Crippen LogP contribution is 2.64. The van der Waals surface area contributed by atoms with Crippen molar-refractivity contribution < 1.29 is 29.1 Å². The van der Waals surface area contributed by atoms with Gasteiger partial charge in [0.05, 0.1) is 22.9 Å². The molecule has 6 atom stereocenters. The van der Waals surface area contributed by atoms with Gasteiger partial charge in [0.2, 0.25) is 11.8 Å². The van der Waals surface area contributed by atoms with E-state index < -0.39 is 35.0 Å². The number of carbonyl (C=O) groups excluding carboxylic acids is 5. The Labute approximate surface area is 297 Å². The van der Waals surface area contributed by atoms with Crippen LogP contribution < -0.4 is 4.90 Å². The molecular weight excluding hydrogens is 694 g/mol. The van der Waals surface area contributed by atoms with Crippen LogP contribution in [-0.2, 0) is 24.6 Å². The van der Waals surface area contributed by atoms with E-state index in [9.17, 15) is 24.3 Å². The van der Waals surface area contributed by atoms with Gasteiger partial charge in [0.25, 0.3) is 0 Å². The Bertz CT molecular complexity index is 2170. The predicted molar refractivity (Wildman–Crippen MR) is 191 cm³/mol. The number of imide groups is 1. The van der Waals surface area contributed by atoms with Gasteiger partial charge in [-0.15, -0.1) is 0 Å². The fourth-order valence-electron chi connectivity index (χ4n) is 9.08. The van der Waals surface area contributed by atoms with Crippen molar-refractivity contribution >= 4 is 56.4 Å². The Morgan fingerprint density at radius 1 is 0.840 bits per heavy atom. The summed E-state index contributed by atoms with van der Waals surface area (Å²) in [5.74, 6) is -5.06. The third-order valence-electron chi connectivity index (χ3n) is 11.2. The fraction of sp³-hybridized carbons (Fsp3) is 0.214. The van der Waals surface area contributed by atoms with E-state index in [0.717, 1.165) is 5.57 Å². The molecule has 248 valence electrons. The maximum Gasteiger partial charge on any atom is 0.238 e. The second kappa shape index (κ2) is 12.0. The molecule has 50 heavy (non-hydrogen) atoms. The second-order valence-electron chi connectivity index (χ2n) is 13.6. The number of fused-ring (bicyclic) bond motifs is 4. The van der Waals surface area contributed by atoms with E-state index in [0.29, 0.717) is 38.0 Å². The molecule has 2 fully saturated rings. The highest BCUT2D eigenvalue weighted by Gasteiger charge is 2.66. The summed E-state index contributed by atoms with van der Waals surface area (Å²) in [6, 6.07) is 29.9. The highest BCUT2D eigenvalue weighted by molar-refractivity contribution is 9.10. The standard InChI is InChI=1S/C42H32BrNO6/c1-23(45)24-12-15-28(16-13-24)44-40(49)30-18-17-29-32(37(30)41(44)50)21-34-39(48)31(25-8-4-2-5-9-25)22-36(47)42(34,26-10-6-3-7-11-26)38(29)33-20-27(43)14-19-35(33)46/h2-17,19-20,22,30,32,34,37-38,46H,18,21H2,1H3/t30-,32+,34-,37-,38+,42-/m0/s1. The summed E-state index contributed by atoms with van der Waals surface area (Å²) >= 11 is 3.57. The lowest BCUT2D eigenvalue weighted by Gasteiger charge is -2.55. The zero-order valence-electron chi connectivity index (χ0n) is 27.1. The molecule has 0 radical (unpaired) electrons. The SMILES string of the molecule is CC(=O)c1ccc(N2C(=O)[C@H]3[C@H](CC=C4[C@H]3C[C@H]3C(=O)C(c5ccccc5)=CC(=O)[C@@]3(c3ccccc3)[C@H]4c3cc(Br)ccc3O)C2=O)cc1. The lowest BCUT2D eigenvalue weighted by molar-refractivity contribution is -0.135. The number of phenolic OH excluding ortho intramolecular Hbond substituents is 1. The summed E-state index contributed by atoms with van der Waals surface area (Å²) in [7, 11) is 0.